The minimum absolute atomic E-state index is 0.0247. The van der Waals surface area contributed by atoms with Crippen molar-refractivity contribution in [3.05, 3.63) is 29.8 Å². The average Bonchev–Trinajstić information content (AvgIpc) is 3.02. The molecule has 5 nitrogen and oxygen atoms in total. The average molecular weight is 344 g/mol. The molecule has 2 fully saturated rings. The number of amides is 2. The van der Waals surface area contributed by atoms with Gasteiger partial charge in [-0.2, -0.15) is 0 Å². The molecule has 2 saturated heterocycles. The Bertz CT molecular complexity index is 606. The molecule has 25 heavy (non-hydrogen) atoms. The molecule has 1 aromatic rings. The molecule has 1 aromatic carbocycles. The first-order chi connectivity index (χ1) is 12.1. The van der Waals surface area contributed by atoms with Gasteiger partial charge < -0.3 is 14.9 Å². The van der Waals surface area contributed by atoms with E-state index in [-0.39, 0.29) is 30.3 Å². The number of benzene rings is 1. The number of carbonyl (C=O) groups is 2. The van der Waals surface area contributed by atoms with Gasteiger partial charge in [0.1, 0.15) is 0 Å². The number of aliphatic hydroxyl groups excluding tert-OH is 1. The summed E-state index contributed by atoms with van der Waals surface area (Å²) in [5.74, 6) is -0.179. The highest BCUT2D eigenvalue weighted by Crippen LogP contribution is 2.27. The van der Waals surface area contributed by atoms with Gasteiger partial charge in [-0.05, 0) is 43.4 Å². The molecule has 0 saturated carbocycles. The van der Waals surface area contributed by atoms with Gasteiger partial charge in [-0.15, -0.1) is 0 Å². The van der Waals surface area contributed by atoms with E-state index in [1.165, 1.54) is 18.4 Å². The van der Waals surface area contributed by atoms with Gasteiger partial charge in [-0.1, -0.05) is 25.5 Å². The van der Waals surface area contributed by atoms with Crippen molar-refractivity contribution in [2.45, 2.75) is 51.6 Å². The number of nitrogens with zero attached hydrogens (tertiary/aromatic N) is 2. The van der Waals surface area contributed by atoms with Crippen LogP contribution in [-0.2, 0) is 16.0 Å². The lowest BCUT2D eigenvalue weighted by Crippen LogP contribution is -2.43. The number of anilines is 1. The maximum Gasteiger partial charge on any atom is 0.228 e. The first-order valence-electron chi connectivity index (χ1n) is 9.44. The maximum atomic E-state index is 12.7. The predicted octanol–water partition coefficient (Wildman–Crippen LogP) is 2.37. The lowest BCUT2D eigenvalue weighted by Gasteiger charge is -2.31. The van der Waals surface area contributed by atoms with Gasteiger partial charge in [0, 0.05) is 31.7 Å². The lowest BCUT2D eigenvalue weighted by molar-refractivity contribution is -0.137. The van der Waals surface area contributed by atoms with Crippen molar-refractivity contribution in [3.8, 4) is 0 Å². The highest BCUT2D eigenvalue weighted by Gasteiger charge is 2.37. The van der Waals surface area contributed by atoms with E-state index in [1.54, 1.807) is 4.90 Å². The van der Waals surface area contributed by atoms with Crippen LogP contribution in [0.2, 0.25) is 0 Å². The van der Waals surface area contributed by atoms with Crippen molar-refractivity contribution in [1.82, 2.24) is 4.90 Å². The summed E-state index contributed by atoms with van der Waals surface area (Å²) in [6.07, 6.45) is 4.66. The summed E-state index contributed by atoms with van der Waals surface area (Å²) in [6, 6.07) is 8.15. The molecule has 2 aliphatic heterocycles. The van der Waals surface area contributed by atoms with Crippen LogP contribution in [0.25, 0.3) is 0 Å². The van der Waals surface area contributed by atoms with Crippen molar-refractivity contribution < 1.29 is 14.7 Å². The minimum atomic E-state index is -0.294. The van der Waals surface area contributed by atoms with Gasteiger partial charge in [-0.25, -0.2) is 0 Å². The third-order valence-electron chi connectivity index (χ3n) is 5.32. The number of piperidine rings is 1. The molecular formula is C20H28N2O3. The molecule has 3 rings (SSSR count). The molecule has 1 N–H and O–H groups in total. The summed E-state index contributed by atoms with van der Waals surface area (Å²) in [4.78, 5) is 28.6. The second-order valence-corrected chi connectivity index (χ2v) is 7.23. The van der Waals surface area contributed by atoms with Crippen LogP contribution in [-0.4, -0.2) is 47.6 Å². The Balaban J connectivity index is 1.61. The zero-order valence-electron chi connectivity index (χ0n) is 15.0. The van der Waals surface area contributed by atoms with Gasteiger partial charge in [0.05, 0.1) is 12.0 Å². The van der Waals surface area contributed by atoms with Crippen LogP contribution in [0.3, 0.4) is 0 Å². The number of aryl methyl sites for hydroxylation is 1. The van der Waals surface area contributed by atoms with E-state index in [0.29, 0.717) is 32.5 Å². The van der Waals surface area contributed by atoms with Gasteiger partial charge >= 0.3 is 0 Å². The van der Waals surface area contributed by atoms with Crippen molar-refractivity contribution in [2.24, 2.45) is 5.92 Å². The molecule has 136 valence electrons. The molecule has 2 aliphatic rings. The summed E-state index contributed by atoms with van der Waals surface area (Å²) in [5.41, 5.74) is 2.17. The standard InChI is InChI=1S/C20H28N2O3/c1-2-3-4-15-5-7-17(8-6-15)22-14-16(13-19(22)24)20(25)21-11-9-18(23)10-12-21/h5-8,16,18,23H,2-4,9-14H2,1H3. The largest absolute Gasteiger partial charge is 0.393 e. The zero-order chi connectivity index (χ0) is 17.8. The maximum absolute atomic E-state index is 12.7. The number of unbranched alkanes of at least 4 members (excludes halogenated alkanes) is 1. The van der Waals surface area contributed by atoms with E-state index in [9.17, 15) is 14.7 Å². The summed E-state index contributed by atoms with van der Waals surface area (Å²) >= 11 is 0. The summed E-state index contributed by atoms with van der Waals surface area (Å²) < 4.78 is 0. The van der Waals surface area contributed by atoms with Crippen LogP contribution >= 0.6 is 0 Å². The third-order valence-corrected chi connectivity index (χ3v) is 5.32. The van der Waals surface area contributed by atoms with Crippen LogP contribution in [0, 0.1) is 5.92 Å². The number of hydrogen-bond acceptors (Lipinski definition) is 3. The van der Waals surface area contributed by atoms with Crippen LogP contribution in [0.5, 0.6) is 0 Å². The van der Waals surface area contributed by atoms with E-state index < -0.39 is 0 Å². The van der Waals surface area contributed by atoms with Crippen molar-refractivity contribution >= 4 is 17.5 Å². The molecule has 1 atom stereocenters. The Hall–Kier alpha value is -1.88. The SMILES string of the molecule is CCCCc1ccc(N2CC(C(=O)N3CCC(O)CC3)CC2=O)cc1. The molecule has 5 heteroatoms. The summed E-state index contributed by atoms with van der Waals surface area (Å²) in [6.45, 7) is 3.83. The fraction of sp³-hybridized carbons (Fsp3) is 0.600. The Labute approximate surface area is 149 Å². The smallest absolute Gasteiger partial charge is 0.228 e. The first-order valence-corrected chi connectivity index (χ1v) is 9.44. The molecular weight excluding hydrogens is 316 g/mol. The molecule has 1 unspecified atom stereocenters. The van der Waals surface area contributed by atoms with Crippen LogP contribution < -0.4 is 4.90 Å². The van der Waals surface area contributed by atoms with Crippen molar-refractivity contribution in [3.63, 3.8) is 0 Å². The zero-order valence-corrected chi connectivity index (χ0v) is 15.0. The van der Waals surface area contributed by atoms with Gasteiger partial charge in [0.2, 0.25) is 11.8 Å². The molecule has 0 aromatic heterocycles. The number of likely N-dealkylation sites (tertiary alicyclic amines) is 1. The molecule has 2 amide bonds. The third kappa shape index (κ3) is 4.21. The van der Waals surface area contributed by atoms with E-state index in [0.717, 1.165) is 12.1 Å². The van der Waals surface area contributed by atoms with E-state index in [4.69, 9.17) is 0 Å². The van der Waals surface area contributed by atoms with Gasteiger partial charge in [0.25, 0.3) is 0 Å². The van der Waals surface area contributed by atoms with E-state index in [1.807, 2.05) is 17.0 Å². The lowest BCUT2D eigenvalue weighted by atomic mass is 10.0. The second-order valence-electron chi connectivity index (χ2n) is 7.23. The minimum Gasteiger partial charge on any atom is -0.393 e. The fourth-order valence-electron chi connectivity index (χ4n) is 3.69. The number of rotatable bonds is 5. The Morgan fingerprint density at radius 1 is 1.20 bits per heavy atom. The highest BCUT2D eigenvalue weighted by molar-refractivity contribution is 6.00. The van der Waals surface area contributed by atoms with Crippen LogP contribution in [0.15, 0.2) is 24.3 Å². The molecule has 2 heterocycles. The Morgan fingerprint density at radius 3 is 2.52 bits per heavy atom. The number of aliphatic hydroxyl groups is 1. The highest BCUT2D eigenvalue weighted by atomic mass is 16.3. The number of hydrogen-bond donors (Lipinski definition) is 1. The van der Waals surface area contributed by atoms with Crippen LogP contribution in [0.1, 0.15) is 44.6 Å². The number of carbonyl (C=O) groups excluding carboxylic acids is 2. The molecule has 0 bridgehead atoms. The Morgan fingerprint density at radius 2 is 1.88 bits per heavy atom. The molecule has 0 radical (unpaired) electrons. The van der Waals surface area contributed by atoms with E-state index >= 15 is 0 Å². The quantitative estimate of drug-likeness (QED) is 0.892. The van der Waals surface area contributed by atoms with Gasteiger partial charge in [-0.3, -0.25) is 9.59 Å². The second kappa shape index (κ2) is 8.00. The first kappa shape index (κ1) is 17.9. The van der Waals surface area contributed by atoms with Crippen LogP contribution in [0.4, 0.5) is 5.69 Å². The summed E-state index contributed by atoms with van der Waals surface area (Å²) in [7, 11) is 0. The monoisotopic (exact) mass is 344 g/mol. The topological polar surface area (TPSA) is 60.9 Å². The van der Waals surface area contributed by atoms with Gasteiger partial charge in [0.15, 0.2) is 0 Å². The fourth-order valence-corrected chi connectivity index (χ4v) is 3.69. The predicted molar refractivity (Wildman–Crippen MR) is 97.3 cm³/mol. The summed E-state index contributed by atoms with van der Waals surface area (Å²) in [5, 5.41) is 9.58. The molecule has 0 spiro atoms. The van der Waals surface area contributed by atoms with Crippen molar-refractivity contribution in [1.29, 1.82) is 0 Å². The van der Waals surface area contributed by atoms with Crippen molar-refractivity contribution in [2.75, 3.05) is 24.5 Å². The molecule has 0 aliphatic carbocycles. The Kier molecular flexibility index (Phi) is 5.74. The normalized spacial score (nSPS) is 21.8. The van der Waals surface area contributed by atoms with E-state index in [2.05, 4.69) is 19.1 Å².